The molecule has 0 radical (unpaired) electrons. The zero-order valence-corrected chi connectivity index (χ0v) is 15.1. The van der Waals surface area contributed by atoms with E-state index in [0.29, 0.717) is 6.61 Å². The molecule has 0 fully saturated rings. The van der Waals surface area contributed by atoms with Crippen LogP contribution in [0.3, 0.4) is 0 Å². The maximum atomic E-state index is 12.0. The molecule has 0 saturated carbocycles. The molecular formula is C21H22O3S. The third-order valence-electron chi connectivity index (χ3n) is 3.46. The van der Waals surface area contributed by atoms with Crippen molar-refractivity contribution in [2.24, 2.45) is 0 Å². The Morgan fingerprint density at radius 3 is 2.32 bits per heavy atom. The molecule has 25 heavy (non-hydrogen) atoms. The third kappa shape index (κ3) is 6.98. The van der Waals surface area contributed by atoms with Crippen LogP contribution in [0.1, 0.15) is 29.7 Å². The molecule has 2 aromatic carbocycles. The zero-order valence-electron chi connectivity index (χ0n) is 14.3. The van der Waals surface area contributed by atoms with Crippen LogP contribution in [0.2, 0.25) is 0 Å². The highest BCUT2D eigenvalue weighted by Gasteiger charge is 2.14. The van der Waals surface area contributed by atoms with E-state index in [1.807, 2.05) is 60.7 Å². The standard InChI is InChI=1S/C21H22O3S/c1-2-24-21(23)15-19(22)16-25-20(18-11-7-4-8-12-18)14-13-17-9-5-3-6-10-17/h3-14,20H,2,15-16H2,1H3/b14-13+. The topological polar surface area (TPSA) is 43.4 Å². The second-order valence-corrected chi connectivity index (χ2v) is 6.56. The summed E-state index contributed by atoms with van der Waals surface area (Å²) in [5.41, 5.74) is 2.24. The fourth-order valence-electron chi connectivity index (χ4n) is 2.28. The van der Waals surface area contributed by atoms with Crippen LogP contribution in [0.4, 0.5) is 0 Å². The summed E-state index contributed by atoms with van der Waals surface area (Å²) in [7, 11) is 0. The Hall–Kier alpha value is -2.33. The normalized spacial score (nSPS) is 12.0. The Kier molecular flexibility index (Phi) is 7.99. The summed E-state index contributed by atoms with van der Waals surface area (Å²) in [6.45, 7) is 2.03. The van der Waals surface area contributed by atoms with Crippen molar-refractivity contribution in [3.05, 3.63) is 77.9 Å². The molecule has 130 valence electrons. The van der Waals surface area contributed by atoms with Gasteiger partial charge < -0.3 is 4.74 Å². The van der Waals surface area contributed by atoms with Crippen molar-refractivity contribution in [3.8, 4) is 0 Å². The first-order valence-electron chi connectivity index (χ1n) is 8.26. The van der Waals surface area contributed by atoms with Crippen molar-refractivity contribution in [3.63, 3.8) is 0 Å². The van der Waals surface area contributed by atoms with Gasteiger partial charge in [-0.25, -0.2) is 0 Å². The summed E-state index contributed by atoms with van der Waals surface area (Å²) >= 11 is 1.52. The molecule has 2 rings (SSSR count). The summed E-state index contributed by atoms with van der Waals surface area (Å²) in [5.74, 6) is -0.293. The smallest absolute Gasteiger partial charge is 0.313 e. The van der Waals surface area contributed by atoms with E-state index in [4.69, 9.17) is 4.74 Å². The lowest BCUT2D eigenvalue weighted by Gasteiger charge is -2.12. The highest BCUT2D eigenvalue weighted by Crippen LogP contribution is 2.31. The minimum absolute atomic E-state index is 0.0487. The van der Waals surface area contributed by atoms with Gasteiger partial charge in [0.25, 0.3) is 0 Å². The van der Waals surface area contributed by atoms with Gasteiger partial charge in [-0.3, -0.25) is 9.59 Å². The van der Waals surface area contributed by atoms with Crippen LogP contribution < -0.4 is 0 Å². The Morgan fingerprint density at radius 1 is 1.04 bits per heavy atom. The molecule has 0 amide bonds. The van der Waals surface area contributed by atoms with Crippen molar-refractivity contribution < 1.29 is 14.3 Å². The van der Waals surface area contributed by atoms with Crippen LogP contribution in [0.25, 0.3) is 6.08 Å². The summed E-state index contributed by atoms with van der Waals surface area (Å²) in [4.78, 5) is 23.4. The van der Waals surface area contributed by atoms with E-state index in [1.165, 1.54) is 11.8 Å². The lowest BCUT2D eigenvalue weighted by molar-refractivity contribution is -0.145. The Balaban J connectivity index is 2.01. The molecule has 0 bridgehead atoms. The second kappa shape index (κ2) is 10.5. The molecule has 0 heterocycles. The van der Waals surface area contributed by atoms with Gasteiger partial charge in [0.2, 0.25) is 0 Å². The Bertz CT molecular complexity index is 696. The molecule has 0 aliphatic rings. The first kappa shape index (κ1) is 19.0. The summed E-state index contributed by atoms with van der Waals surface area (Å²) in [6.07, 6.45) is 3.98. The number of ether oxygens (including phenoxy) is 1. The highest BCUT2D eigenvalue weighted by molar-refractivity contribution is 8.00. The van der Waals surface area contributed by atoms with Crippen LogP contribution in [0.15, 0.2) is 66.7 Å². The fraction of sp³-hybridized carbons (Fsp3) is 0.238. The van der Waals surface area contributed by atoms with E-state index in [2.05, 4.69) is 12.2 Å². The molecule has 4 heteroatoms. The van der Waals surface area contributed by atoms with Gasteiger partial charge in [-0.15, -0.1) is 11.8 Å². The van der Waals surface area contributed by atoms with Crippen LogP contribution in [-0.2, 0) is 14.3 Å². The van der Waals surface area contributed by atoms with Gasteiger partial charge in [0.15, 0.2) is 5.78 Å². The predicted octanol–water partition coefficient (Wildman–Crippen LogP) is 4.70. The van der Waals surface area contributed by atoms with E-state index in [1.54, 1.807) is 6.92 Å². The molecule has 0 saturated heterocycles. The average molecular weight is 354 g/mol. The van der Waals surface area contributed by atoms with Crippen LogP contribution >= 0.6 is 11.8 Å². The van der Waals surface area contributed by atoms with Gasteiger partial charge >= 0.3 is 5.97 Å². The Labute approximate surface area is 153 Å². The zero-order chi connectivity index (χ0) is 17.9. The molecule has 1 atom stereocenters. The van der Waals surface area contributed by atoms with E-state index in [0.717, 1.165) is 11.1 Å². The molecule has 3 nitrogen and oxygen atoms in total. The predicted molar refractivity (Wildman–Crippen MR) is 103 cm³/mol. The number of benzene rings is 2. The number of rotatable bonds is 9. The van der Waals surface area contributed by atoms with Crippen molar-refractivity contribution in [1.82, 2.24) is 0 Å². The summed E-state index contributed by atoms with van der Waals surface area (Å²) in [5, 5.41) is 0.0487. The first-order valence-corrected chi connectivity index (χ1v) is 9.31. The Morgan fingerprint density at radius 2 is 1.68 bits per heavy atom. The quantitative estimate of drug-likeness (QED) is 0.484. The molecule has 0 aliphatic heterocycles. The fourth-order valence-corrected chi connectivity index (χ4v) is 3.28. The highest BCUT2D eigenvalue weighted by atomic mass is 32.2. The molecule has 0 spiro atoms. The summed E-state index contributed by atoms with van der Waals surface area (Å²) in [6, 6.07) is 20.1. The minimum Gasteiger partial charge on any atom is -0.466 e. The van der Waals surface area contributed by atoms with Gasteiger partial charge in [0, 0.05) is 5.25 Å². The number of hydrogen-bond acceptors (Lipinski definition) is 4. The third-order valence-corrected chi connectivity index (χ3v) is 4.74. The number of thioether (sulfide) groups is 1. The molecule has 2 aromatic rings. The first-order chi connectivity index (χ1) is 12.2. The van der Waals surface area contributed by atoms with Gasteiger partial charge in [0.1, 0.15) is 6.42 Å². The molecule has 0 aromatic heterocycles. The van der Waals surface area contributed by atoms with Crippen LogP contribution in [-0.4, -0.2) is 24.1 Å². The molecule has 1 unspecified atom stereocenters. The summed E-state index contributed by atoms with van der Waals surface area (Å²) < 4.78 is 4.83. The SMILES string of the molecule is CCOC(=O)CC(=O)CSC(/C=C/c1ccccc1)c1ccccc1. The number of hydrogen-bond donors (Lipinski definition) is 0. The number of esters is 1. The molecular weight excluding hydrogens is 332 g/mol. The molecule has 0 aliphatic carbocycles. The number of carbonyl (C=O) groups is 2. The van der Waals surface area contributed by atoms with E-state index in [-0.39, 0.29) is 23.2 Å². The van der Waals surface area contributed by atoms with Gasteiger partial charge in [0.05, 0.1) is 12.4 Å². The van der Waals surface area contributed by atoms with E-state index < -0.39 is 5.97 Å². The number of carbonyl (C=O) groups excluding carboxylic acids is 2. The van der Waals surface area contributed by atoms with Crippen LogP contribution in [0, 0.1) is 0 Å². The lowest BCUT2D eigenvalue weighted by atomic mass is 10.1. The van der Waals surface area contributed by atoms with E-state index >= 15 is 0 Å². The van der Waals surface area contributed by atoms with Gasteiger partial charge in [-0.05, 0) is 18.1 Å². The second-order valence-electron chi connectivity index (χ2n) is 5.43. The van der Waals surface area contributed by atoms with Crippen molar-refractivity contribution >= 4 is 29.6 Å². The monoisotopic (exact) mass is 354 g/mol. The maximum Gasteiger partial charge on any atom is 0.313 e. The van der Waals surface area contributed by atoms with Gasteiger partial charge in [-0.2, -0.15) is 0 Å². The van der Waals surface area contributed by atoms with Crippen molar-refractivity contribution in [1.29, 1.82) is 0 Å². The van der Waals surface area contributed by atoms with Crippen molar-refractivity contribution in [2.45, 2.75) is 18.6 Å². The molecule has 0 N–H and O–H groups in total. The largest absolute Gasteiger partial charge is 0.466 e. The average Bonchev–Trinajstić information content (AvgIpc) is 2.63. The van der Waals surface area contributed by atoms with E-state index in [9.17, 15) is 9.59 Å². The van der Waals surface area contributed by atoms with Gasteiger partial charge in [-0.1, -0.05) is 72.8 Å². The van der Waals surface area contributed by atoms with Crippen LogP contribution in [0.5, 0.6) is 0 Å². The number of ketones is 1. The maximum absolute atomic E-state index is 12.0. The number of Topliss-reactive ketones (excluding diaryl/α,β-unsaturated/α-hetero) is 1. The minimum atomic E-state index is -0.454. The lowest BCUT2D eigenvalue weighted by Crippen LogP contribution is -2.13. The van der Waals surface area contributed by atoms with Crippen molar-refractivity contribution in [2.75, 3.05) is 12.4 Å².